The highest BCUT2D eigenvalue weighted by Crippen LogP contribution is 2.31. The zero-order valence-electron chi connectivity index (χ0n) is 22.5. The highest BCUT2D eigenvalue weighted by molar-refractivity contribution is 6.30. The van der Waals surface area contributed by atoms with E-state index in [1.165, 1.54) is 11.1 Å². The zero-order chi connectivity index (χ0) is 28.5. The fourth-order valence-corrected chi connectivity index (χ4v) is 5.35. The van der Waals surface area contributed by atoms with Crippen LogP contribution in [0.1, 0.15) is 11.1 Å². The number of nitrogens with zero attached hydrogens (tertiary/aromatic N) is 4. The van der Waals surface area contributed by atoms with Crippen LogP contribution in [0.4, 0.5) is 11.6 Å². The second kappa shape index (κ2) is 11.2. The number of fused-ring (bicyclic) bond motifs is 2. The second-order valence-electron chi connectivity index (χ2n) is 10.0. The van der Waals surface area contributed by atoms with Crippen LogP contribution < -0.4 is 10.6 Å². The zero-order valence-corrected chi connectivity index (χ0v) is 24.0. The van der Waals surface area contributed by atoms with E-state index in [1.807, 2.05) is 97.3 Å². The van der Waals surface area contributed by atoms with E-state index in [0.29, 0.717) is 23.1 Å². The van der Waals surface area contributed by atoms with Crippen LogP contribution in [0, 0.1) is 0 Å². The smallest absolute Gasteiger partial charge is 0.139 e. The number of halogens is 2. The van der Waals surface area contributed by atoms with Gasteiger partial charge in [-0.3, -0.25) is 8.80 Å². The lowest BCUT2D eigenvalue weighted by atomic mass is 10.1. The number of imidazole rings is 2. The Hall–Kier alpha value is -4.78. The third-order valence-electron chi connectivity index (χ3n) is 7.24. The lowest BCUT2D eigenvalue weighted by Gasteiger charge is -2.11. The van der Waals surface area contributed by atoms with Crippen molar-refractivity contribution in [1.29, 1.82) is 0 Å². The lowest BCUT2D eigenvalue weighted by molar-refractivity contribution is 1.06. The molecule has 0 aliphatic carbocycles. The minimum Gasteiger partial charge on any atom is -0.365 e. The predicted molar refractivity (Wildman–Crippen MR) is 172 cm³/mol. The molecule has 7 aromatic rings. The molecule has 0 aliphatic heterocycles. The summed E-state index contributed by atoms with van der Waals surface area (Å²) in [5.41, 5.74) is 7.92. The van der Waals surface area contributed by atoms with Crippen LogP contribution in [-0.2, 0) is 13.1 Å². The van der Waals surface area contributed by atoms with Crippen molar-refractivity contribution >= 4 is 46.1 Å². The Bertz CT molecular complexity index is 1850. The Labute approximate surface area is 253 Å². The van der Waals surface area contributed by atoms with Crippen molar-refractivity contribution in [3.8, 4) is 22.5 Å². The molecule has 0 saturated heterocycles. The third-order valence-corrected chi connectivity index (χ3v) is 7.74. The molecule has 42 heavy (non-hydrogen) atoms. The first kappa shape index (κ1) is 26.1. The third kappa shape index (κ3) is 5.18. The molecule has 3 aromatic carbocycles. The van der Waals surface area contributed by atoms with Gasteiger partial charge in [0.25, 0.3) is 0 Å². The molecule has 0 fully saturated rings. The molecule has 6 nitrogen and oxygen atoms in total. The summed E-state index contributed by atoms with van der Waals surface area (Å²) in [4.78, 5) is 9.76. The number of hydrogen-bond donors (Lipinski definition) is 2. The molecule has 0 atom stereocenters. The number of rotatable bonds is 8. The molecule has 8 heteroatoms. The van der Waals surface area contributed by atoms with Crippen LogP contribution in [0.3, 0.4) is 0 Å². The molecule has 0 radical (unpaired) electrons. The molecule has 0 aliphatic rings. The summed E-state index contributed by atoms with van der Waals surface area (Å²) in [6.45, 7) is 1.32. The van der Waals surface area contributed by atoms with Crippen LogP contribution in [0.15, 0.2) is 122 Å². The van der Waals surface area contributed by atoms with Crippen molar-refractivity contribution in [2.45, 2.75) is 13.1 Å². The number of nitrogens with one attached hydrogen (secondary N) is 2. The van der Waals surface area contributed by atoms with E-state index in [1.54, 1.807) is 0 Å². The van der Waals surface area contributed by atoms with Gasteiger partial charge in [0.15, 0.2) is 0 Å². The topological polar surface area (TPSA) is 58.7 Å². The fraction of sp³-hybridized carbons (Fsp3) is 0.0588. The molecule has 0 spiro atoms. The lowest BCUT2D eigenvalue weighted by Crippen LogP contribution is -2.05. The molecule has 0 unspecified atom stereocenters. The van der Waals surface area contributed by atoms with Crippen LogP contribution in [0.5, 0.6) is 0 Å². The van der Waals surface area contributed by atoms with E-state index >= 15 is 0 Å². The van der Waals surface area contributed by atoms with Crippen molar-refractivity contribution in [2.75, 3.05) is 10.6 Å². The van der Waals surface area contributed by atoms with Gasteiger partial charge in [0.05, 0.1) is 0 Å². The van der Waals surface area contributed by atoms with Gasteiger partial charge in [-0.1, -0.05) is 83.9 Å². The summed E-state index contributed by atoms with van der Waals surface area (Å²) >= 11 is 12.3. The Balaban J connectivity index is 1.09. The number of pyridine rings is 2. The van der Waals surface area contributed by atoms with E-state index in [-0.39, 0.29) is 0 Å². The van der Waals surface area contributed by atoms with E-state index < -0.39 is 0 Å². The summed E-state index contributed by atoms with van der Waals surface area (Å²) in [6.07, 6.45) is 4.05. The molecule has 4 aromatic heterocycles. The maximum absolute atomic E-state index is 6.14. The molecular formula is C34H26Cl2N6. The normalized spacial score (nSPS) is 11.3. The Kier molecular flexibility index (Phi) is 7.00. The highest BCUT2D eigenvalue weighted by atomic mass is 35.5. The monoisotopic (exact) mass is 588 g/mol. The van der Waals surface area contributed by atoms with Crippen molar-refractivity contribution in [3.05, 3.63) is 143 Å². The first-order valence-electron chi connectivity index (χ1n) is 13.6. The average molecular weight is 590 g/mol. The first-order chi connectivity index (χ1) is 20.6. The van der Waals surface area contributed by atoms with E-state index in [0.717, 1.165) is 45.4 Å². The summed E-state index contributed by atoms with van der Waals surface area (Å²) in [6, 6.07) is 36.2. The van der Waals surface area contributed by atoms with Crippen molar-refractivity contribution in [3.63, 3.8) is 0 Å². The minimum atomic E-state index is 0.658. The molecule has 0 saturated carbocycles. The maximum Gasteiger partial charge on any atom is 0.139 e. The van der Waals surface area contributed by atoms with Gasteiger partial charge in [0, 0.05) is 46.7 Å². The average Bonchev–Trinajstić information content (AvgIpc) is 3.59. The Morgan fingerprint density at radius 3 is 1.31 bits per heavy atom. The van der Waals surface area contributed by atoms with Gasteiger partial charge in [-0.15, -0.1) is 0 Å². The van der Waals surface area contributed by atoms with Crippen LogP contribution in [0.2, 0.25) is 10.0 Å². The first-order valence-corrected chi connectivity index (χ1v) is 14.4. The van der Waals surface area contributed by atoms with E-state index in [4.69, 9.17) is 33.2 Å². The predicted octanol–water partition coefficient (Wildman–Crippen LogP) is 8.85. The maximum atomic E-state index is 6.14. The molecule has 7 rings (SSSR count). The molecule has 206 valence electrons. The molecule has 2 N–H and O–H groups in total. The standard InChI is InChI=1S/C34H26Cl2N6/c35-27-15-11-25(12-16-27)31-33(41-19-3-1-5-29(41)39-31)37-21-23-7-9-24(10-8-23)22-38-34-32(26-13-17-28(36)18-14-26)40-30-6-2-4-20-42(30)34/h1-20,37-38H,21-22H2. The van der Waals surface area contributed by atoms with Gasteiger partial charge >= 0.3 is 0 Å². The molecule has 4 heterocycles. The Morgan fingerprint density at radius 1 is 0.500 bits per heavy atom. The van der Waals surface area contributed by atoms with Gasteiger partial charge in [0.2, 0.25) is 0 Å². The second-order valence-corrected chi connectivity index (χ2v) is 10.9. The fourth-order valence-electron chi connectivity index (χ4n) is 5.09. The minimum absolute atomic E-state index is 0.658. The largest absolute Gasteiger partial charge is 0.365 e. The van der Waals surface area contributed by atoms with Crippen molar-refractivity contribution in [1.82, 2.24) is 18.8 Å². The summed E-state index contributed by atoms with van der Waals surface area (Å²) in [5, 5.41) is 8.65. The summed E-state index contributed by atoms with van der Waals surface area (Å²) < 4.78 is 4.16. The van der Waals surface area contributed by atoms with Gasteiger partial charge in [0.1, 0.15) is 34.3 Å². The number of hydrogen-bond acceptors (Lipinski definition) is 4. The van der Waals surface area contributed by atoms with Gasteiger partial charge in [-0.05, 0) is 59.7 Å². The van der Waals surface area contributed by atoms with E-state index in [2.05, 4.69) is 43.7 Å². The van der Waals surface area contributed by atoms with Crippen LogP contribution >= 0.6 is 23.2 Å². The Morgan fingerprint density at radius 2 is 0.905 bits per heavy atom. The van der Waals surface area contributed by atoms with Crippen LogP contribution in [0.25, 0.3) is 33.8 Å². The highest BCUT2D eigenvalue weighted by Gasteiger charge is 2.15. The number of benzene rings is 3. The summed E-state index contributed by atoms with van der Waals surface area (Å²) in [5.74, 6) is 1.89. The van der Waals surface area contributed by atoms with Gasteiger partial charge in [-0.25, -0.2) is 9.97 Å². The number of aromatic nitrogens is 4. The molecule has 0 bridgehead atoms. The SMILES string of the molecule is Clc1ccc(-c2nc3ccccn3c2NCc2ccc(CNc3c(-c4ccc(Cl)cc4)nc4ccccn34)cc2)cc1. The van der Waals surface area contributed by atoms with Crippen LogP contribution in [-0.4, -0.2) is 18.8 Å². The summed E-state index contributed by atoms with van der Waals surface area (Å²) in [7, 11) is 0. The van der Waals surface area contributed by atoms with E-state index in [9.17, 15) is 0 Å². The molecule has 0 amide bonds. The van der Waals surface area contributed by atoms with Crippen molar-refractivity contribution < 1.29 is 0 Å². The molecular weight excluding hydrogens is 563 g/mol. The van der Waals surface area contributed by atoms with Gasteiger partial charge in [-0.2, -0.15) is 0 Å². The van der Waals surface area contributed by atoms with Crippen molar-refractivity contribution in [2.24, 2.45) is 0 Å². The van der Waals surface area contributed by atoms with Gasteiger partial charge < -0.3 is 10.6 Å². The quantitative estimate of drug-likeness (QED) is 0.186. The number of anilines is 2.